The summed E-state index contributed by atoms with van der Waals surface area (Å²) in [6.07, 6.45) is 2.15. The first-order valence-corrected chi connectivity index (χ1v) is 12.8. The average Bonchev–Trinajstić information content (AvgIpc) is 3.62. The minimum atomic E-state index is -3.73. The molecule has 0 aromatic heterocycles. The molecule has 2 saturated carbocycles. The Bertz CT molecular complexity index is 1360. The summed E-state index contributed by atoms with van der Waals surface area (Å²) in [5.74, 6) is 0.0126. The zero-order valence-electron chi connectivity index (χ0n) is 17.9. The van der Waals surface area contributed by atoms with Crippen LogP contribution in [0.4, 0.5) is 5.69 Å². The van der Waals surface area contributed by atoms with Crippen LogP contribution >= 0.6 is 11.6 Å². The van der Waals surface area contributed by atoms with Crippen LogP contribution in [0.5, 0.6) is 0 Å². The van der Waals surface area contributed by atoms with Gasteiger partial charge < -0.3 is 0 Å². The molecule has 3 nitrogen and oxygen atoms in total. The quantitative estimate of drug-likeness (QED) is 0.441. The van der Waals surface area contributed by atoms with E-state index in [4.69, 9.17) is 11.6 Å². The fourth-order valence-electron chi connectivity index (χ4n) is 6.34. The number of halogens is 1. The van der Waals surface area contributed by atoms with E-state index in [2.05, 4.69) is 30.8 Å². The van der Waals surface area contributed by atoms with Gasteiger partial charge in [-0.3, -0.25) is 4.31 Å². The lowest BCUT2D eigenvalue weighted by Crippen LogP contribution is -2.64. The molecule has 2 atom stereocenters. The van der Waals surface area contributed by atoms with Gasteiger partial charge >= 0.3 is 0 Å². The van der Waals surface area contributed by atoms with Crippen LogP contribution in [0.1, 0.15) is 29.5 Å². The summed E-state index contributed by atoms with van der Waals surface area (Å²) in [6.45, 7) is 6.82. The van der Waals surface area contributed by atoms with E-state index in [-0.39, 0.29) is 16.7 Å². The van der Waals surface area contributed by atoms with Crippen molar-refractivity contribution in [2.24, 2.45) is 11.3 Å². The molecule has 6 rings (SSSR count). The molecule has 1 spiro atoms. The monoisotopic (exact) mass is 461 g/mol. The number of rotatable bonds is 3. The zero-order valence-corrected chi connectivity index (χ0v) is 19.5. The van der Waals surface area contributed by atoms with Gasteiger partial charge in [-0.15, -0.1) is 0 Å². The van der Waals surface area contributed by atoms with Crippen molar-refractivity contribution < 1.29 is 8.42 Å². The summed E-state index contributed by atoms with van der Waals surface area (Å²) in [5, 5.41) is 0.626. The molecular weight excluding hydrogens is 438 g/mol. The maximum absolute atomic E-state index is 13.8. The third-order valence-corrected chi connectivity index (χ3v) is 9.93. The van der Waals surface area contributed by atoms with Crippen LogP contribution in [0.15, 0.2) is 89.8 Å². The van der Waals surface area contributed by atoms with Crippen molar-refractivity contribution in [2.45, 2.75) is 30.1 Å². The highest BCUT2D eigenvalue weighted by molar-refractivity contribution is 7.92. The van der Waals surface area contributed by atoms with Gasteiger partial charge in [0.2, 0.25) is 0 Å². The smallest absolute Gasteiger partial charge is 0.264 e. The van der Waals surface area contributed by atoms with E-state index in [1.807, 2.05) is 37.3 Å². The predicted molar refractivity (Wildman–Crippen MR) is 129 cm³/mol. The van der Waals surface area contributed by atoms with E-state index in [9.17, 15) is 8.42 Å². The SMILES string of the molecule is C=C1[C@@H]2CN(S(=O)(=O)c3ccc(C)cc3)c3ccc(Cl)cc3[C@]2(c2ccccc2)C12CC2. The van der Waals surface area contributed by atoms with Crippen LogP contribution in [0.25, 0.3) is 0 Å². The van der Waals surface area contributed by atoms with Crippen molar-refractivity contribution in [2.75, 3.05) is 10.8 Å². The second-order valence-electron chi connectivity index (χ2n) is 9.34. The molecule has 0 bridgehead atoms. The van der Waals surface area contributed by atoms with Gasteiger partial charge in [0.25, 0.3) is 10.0 Å². The second-order valence-corrected chi connectivity index (χ2v) is 11.6. The molecule has 2 aliphatic carbocycles. The summed E-state index contributed by atoms with van der Waals surface area (Å²) >= 11 is 6.52. The molecule has 32 heavy (non-hydrogen) atoms. The minimum Gasteiger partial charge on any atom is -0.265 e. The number of aryl methyl sites for hydroxylation is 1. The van der Waals surface area contributed by atoms with Crippen molar-refractivity contribution in [3.05, 3.63) is 107 Å². The fourth-order valence-corrected chi connectivity index (χ4v) is 8.01. The van der Waals surface area contributed by atoms with E-state index < -0.39 is 10.0 Å². The van der Waals surface area contributed by atoms with E-state index in [1.165, 1.54) is 11.1 Å². The third-order valence-electron chi connectivity index (χ3n) is 7.90. The molecule has 3 aromatic rings. The highest BCUT2D eigenvalue weighted by Crippen LogP contribution is 2.80. The second kappa shape index (κ2) is 6.49. The first-order chi connectivity index (χ1) is 15.3. The number of hydrogen-bond acceptors (Lipinski definition) is 2. The molecule has 3 aliphatic rings. The molecule has 1 heterocycles. The summed E-state index contributed by atoms with van der Waals surface area (Å²) in [6, 6.07) is 23.2. The Morgan fingerprint density at radius 2 is 1.69 bits per heavy atom. The number of fused-ring (bicyclic) bond motifs is 4. The Hall–Kier alpha value is -2.56. The maximum atomic E-state index is 13.8. The number of anilines is 1. The Kier molecular flexibility index (Phi) is 4.07. The predicted octanol–water partition coefficient (Wildman–Crippen LogP) is 6.11. The van der Waals surface area contributed by atoms with E-state index >= 15 is 0 Å². The molecule has 0 N–H and O–H groups in total. The lowest BCUT2D eigenvalue weighted by molar-refractivity contribution is 0.134. The van der Waals surface area contributed by atoms with Crippen LogP contribution in [0.2, 0.25) is 5.02 Å². The zero-order chi connectivity index (χ0) is 22.3. The van der Waals surface area contributed by atoms with Gasteiger partial charge in [-0.05, 0) is 61.2 Å². The molecule has 0 amide bonds. The molecule has 1 aliphatic heterocycles. The van der Waals surface area contributed by atoms with Crippen molar-refractivity contribution in [3.63, 3.8) is 0 Å². The van der Waals surface area contributed by atoms with Crippen LogP contribution < -0.4 is 4.31 Å². The minimum absolute atomic E-state index is 0.00182. The highest BCUT2D eigenvalue weighted by Gasteiger charge is 2.76. The van der Waals surface area contributed by atoms with Gasteiger partial charge in [-0.2, -0.15) is 0 Å². The summed E-state index contributed by atoms with van der Waals surface area (Å²) in [5.41, 5.74) is 4.88. The topological polar surface area (TPSA) is 37.4 Å². The van der Waals surface area contributed by atoms with Gasteiger partial charge in [0, 0.05) is 28.3 Å². The summed E-state index contributed by atoms with van der Waals surface area (Å²) in [7, 11) is -3.73. The lowest BCUT2D eigenvalue weighted by Gasteiger charge is -2.64. The number of hydrogen-bond donors (Lipinski definition) is 0. The van der Waals surface area contributed by atoms with Gasteiger partial charge in [-0.25, -0.2) is 8.42 Å². The van der Waals surface area contributed by atoms with Crippen molar-refractivity contribution in [1.82, 2.24) is 0 Å². The van der Waals surface area contributed by atoms with Gasteiger partial charge in [0.15, 0.2) is 0 Å². The van der Waals surface area contributed by atoms with Gasteiger partial charge in [0.1, 0.15) is 0 Å². The molecule has 2 fully saturated rings. The molecule has 0 unspecified atom stereocenters. The number of sulfonamides is 1. The Morgan fingerprint density at radius 3 is 2.34 bits per heavy atom. The van der Waals surface area contributed by atoms with Crippen LogP contribution in [-0.2, 0) is 15.4 Å². The molecule has 0 saturated heterocycles. The Labute approximate surface area is 194 Å². The van der Waals surface area contributed by atoms with Crippen molar-refractivity contribution in [3.8, 4) is 0 Å². The van der Waals surface area contributed by atoms with E-state index in [0.717, 1.165) is 29.7 Å². The number of benzene rings is 3. The van der Waals surface area contributed by atoms with Gasteiger partial charge in [0.05, 0.1) is 10.6 Å². The first-order valence-electron chi connectivity index (χ1n) is 11.0. The van der Waals surface area contributed by atoms with Crippen LogP contribution in [-0.4, -0.2) is 15.0 Å². The van der Waals surface area contributed by atoms with Crippen molar-refractivity contribution >= 4 is 27.3 Å². The van der Waals surface area contributed by atoms with Crippen LogP contribution in [0, 0.1) is 18.3 Å². The normalized spacial score (nSPS) is 25.1. The fraction of sp³-hybridized carbons (Fsp3) is 0.259. The largest absolute Gasteiger partial charge is 0.265 e. The lowest BCUT2D eigenvalue weighted by atomic mass is 9.41. The Balaban J connectivity index is 1.61. The number of nitrogens with zero attached hydrogens (tertiary/aromatic N) is 1. The average molecular weight is 462 g/mol. The van der Waals surface area contributed by atoms with Crippen molar-refractivity contribution in [1.29, 1.82) is 0 Å². The molecule has 3 aromatic carbocycles. The third kappa shape index (κ3) is 2.35. The first kappa shape index (κ1) is 20.1. The maximum Gasteiger partial charge on any atom is 0.264 e. The summed E-state index contributed by atoms with van der Waals surface area (Å²) < 4.78 is 29.2. The van der Waals surface area contributed by atoms with E-state index in [1.54, 1.807) is 22.5 Å². The molecule has 5 heteroatoms. The standard InChI is InChI=1S/C27H24ClNO2S/c1-18-8-11-22(12-9-18)32(30,31)29-17-24-19(2)26(14-15-26)27(24,20-6-4-3-5-7-20)23-16-21(28)10-13-25(23)29/h3-13,16,24H,2,14-15,17H2,1H3/t24-,27-/m0/s1. The van der Waals surface area contributed by atoms with E-state index in [0.29, 0.717) is 16.5 Å². The molecule has 0 radical (unpaired) electrons. The highest BCUT2D eigenvalue weighted by atomic mass is 35.5. The Morgan fingerprint density at radius 1 is 1.00 bits per heavy atom. The molecular formula is C27H24ClNO2S. The van der Waals surface area contributed by atoms with Crippen LogP contribution in [0.3, 0.4) is 0 Å². The van der Waals surface area contributed by atoms with Gasteiger partial charge in [-0.1, -0.05) is 71.8 Å². The molecule has 162 valence electrons. The summed E-state index contributed by atoms with van der Waals surface area (Å²) in [4.78, 5) is 0.308.